The smallest absolute Gasteiger partial charge is 0.417 e. The molecule has 0 aromatic heterocycles. The highest BCUT2D eigenvalue weighted by Gasteiger charge is 2.17. The van der Waals surface area contributed by atoms with Gasteiger partial charge in [-0.25, -0.2) is 9.59 Å². The summed E-state index contributed by atoms with van der Waals surface area (Å²) in [6, 6.07) is 10.0. The van der Waals surface area contributed by atoms with E-state index < -0.39 is 23.4 Å². The quantitative estimate of drug-likeness (QED) is 0.808. The first-order valence-electron chi connectivity index (χ1n) is 5.77. The topological polar surface area (TPSA) is 95.9 Å². The fraction of sp³-hybridized carbons (Fsp3) is 0. The molecule has 108 valence electrons. The van der Waals surface area contributed by atoms with Crippen molar-refractivity contribution in [3.63, 3.8) is 0 Å². The Morgan fingerprint density at radius 3 is 2.38 bits per heavy atom. The Morgan fingerprint density at radius 2 is 1.76 bits per heavy atom. The SMILES string of the molecule is O=C(Nc1cccc(O)c1C(=O)O)Oc1ccc(Cl)cc1. The van der Waals surface area contributed by atoms with Crippen LogP contribution < -0.4 is 10.1 Å². The number of rotatable bonds is 3. The predicted octanol–water partition coefficient (Wildman–Crippen LogP) is 3.35. The lowest BCUT2D eigenvalue weighted by Crippen LogP contribution is -2.18. The third-order valence-corrected chi connectivity index (χ3v) is 2.77. The number of hydrogen-bond donors (Lipinski definition) is 3. The third kappa shape index (κ3) is 3.64. The van der Waals surface area contributed by atoms with Crippen LogP contribution in [0.3, 0.4) is 0 Å². The van der Waals surface area contributed by atoms with E-state index >= 15 is 0 Å². The molecule has 0 heterocycles. The van der Waals surface area contributed by atoms with Crippen LogP contribution in [0.1, 0.15) is 10.4 Å². The summed E-state index contributed by atoms with van der Waals surface area (Å²) < 4.78 is 4.96. The zero-order chi connectivity index (χ0) is 15.4. The molecule has 0 unspecified atom stereocenters. The van der Waals surface area contributed by atoms with Crippen LogP contribution in [0.25, 0.3) is 0 Å². The molecule has 0 fully saturated rings. The van der Waals surface area contributed by atoms with E-state index in [-0.39, 0.29) is 11.4 Å². The number of anilines is 1. The summed E-state index contributed by atoms with van der Waals surface area (Å²) in [5.41, 5.74) is -0.480. The van der Waals surface area contributed by atoms with Crippen LogP contribution in [0.2, 0.25) is 5.02 Å². The van der Waals surface area contributed by atoms with Crippen LogP contribution in [0, 0.1) is 0 Å². The van der Waals surface area contributed by atoms with Gasteiger partial charge < -0.3 is 14.9 Å². The van der Waals surface area contributed by atoms with Gasteiger partial charge in [0.05, 0.1) is 5.69 Å². The highest BCUT2D eigenvalue weighted by molar-refractivity contribution is 6.30. The second-order valence-electron chi connectivity index (χ2n) is 3.97. The second-order valence-corrected chi connectivity index (χ2v) is 4.41. The molecule has 7 heteroatoms. The first-order chi connectivity index (χ1) is 9.97. The predicted molar refractivity (Wildman–Crippen MR) is 76.2 cm³/mol. The highest BCUT2D eigenvalue weighted by atomic mass is 35.5. The lowest BCUT2D eigenvalue weighted by atomic mass is 10.1. The average Bonchev–Trinajstić information content (AvgIpc) is 2.41. The lowest BCUT2D eigenvalue weighted by molar-refractivity contribution is 0.0695. The minimum absolute atomic E-state index is 0.0681. The third-order valence-electron chi connectivity index (χ3n) is 2.52. The monoisotopic (exact) mass is 307 g/mol. The van der Waals surface area contributed by atoms with E-state index in [1.165, 1.54) is 30.3 Å². The summed E-state index contributed by atoms with van der Waals surface area (Å²) >= 11 is 5.70. The van der Waals surface area contributed by atoms with Crippen LogP contribution in [-0.4, -0.2) is 22.3 Å². The molecule has 6 nitrogen and oxygen atoms in total. The molecule has 3 N–H and O–H groups in total. The van der Waals surface area contributed by atoms with E-state index in [1.54, 1.807) is 12.1 Å². The van der Waals surface area contributed by atoms with Gasteiger partial charge in [0.15, 0.2) is 0 Å². The Morgan fingerprint density at radius 1 is 1.10 bits per heavy atom. The van der Waals surface area contributed by atoms with E-state index in [0.29, 0.717) is 5.02 Å². The first-order valence-corrected chi connectivity index (χ1v) is 6.15. The molecular weight excluding hydrogens is 298 g/mol. The normalized spacial score (nSPS) is 9.95. The summed E-state index contributed by atoms with van der Waals surface area (Å²) in [5, 5.41) is 21.3. The lowest BCUT2D eigenvalue weighted by Gasteiger charge is -2.10. The number of halogens is 1. The van der Waals surface area contributed by atoms with Crippen LogP contribution in [0.15, 0.2) is 42.5 Å². The van der Waals surface area contributed by atoms with Gasteiger partial charge in [-0.05, 0) is 36.4 Å². The number of amides is 1. The molecule has 0 saturated carbocycles. The summed E-state index contributed by atoms with van der Waals surface area (Å²) in [5.74, 6) is -1.57. The number of ether oxygens (including phenoxy) is 1. The zero-order valence-electron chi connectivity index (χ0n) is 10.5. The summed E-state index contributed by atoms with van der Waals surface area (Å²) in [7, 11) is 0. The van der Waals surface area contributed by atoms with Crippen molar-refractivity contribution in [2.24, 2.45) is 0 Å². The number of aromatic hydroxyl groups is 1. The average molecular weight is 308 g/mol. The van der Waals surface area contributed by atoms with E-state index in [0.717, 1.165) is 0 Å². The maximum atomic E-state index is 11.7. The zero-order valence-corrected chi connectivity index (χ0v) is 11.3. The maximum absolute atomic E-state index is 11.7. The fourth-order valence-electron chi connectivity index (χ4n) is 1.61. The van der Waals surface area contributed by atoms with Crippen LogP contribution >= 0.6 is 11.6 Å². The summed E-state index contributed by atoms with van der Waals surface area (Å²) in [6.07, 6.45) is -0.884. The van der Waals surface area contributed by atoms with Gasteiger partial charge in [0.25, 0.3) is 0 Å². The standard InChI is InChI=1S/C14H10ClNO5/c15-8-4-6-9(7-5-8)21-14(20)16-10-2-1-3-11(17)12(10)13(18)19/h1-7,17H,(H,16,20)(H,18,19). The minimum atomic E-state index is -1.37. The van der Waals surface area contributed by atoms with Crippen molar-refractivity contribution in [1.29, 1.82) is 0 Å². The van der Waals surface area contributed by atoms with Crippen molar-refractivity contribution in [2.45, 2.75) is 0 Å². The molecule has 0 atom stereocenters. The molecule has 1 amide bonds. The number of carboxylic acid groups (broad SMARTS) is 1. The van der Waals surface area contributed by atoms with E-state index in [9.17, 15) is 14.7 Å². The molecule has 0 saturated heterocycles. The second kappa shape index (κ2) is 6.15. The largest absolute Gasteiger partial charge is 0.507 e. The molecule has 2 rings (SSSR count). The van der Waals surface area contributed by atoms with Crippen molar-refractivity contribution >= 4 is 29.4 Å². The number of carbonyl (C=O) groups is 2. The molecule has 2 aromatic rings. The number of phenols is 1. The molecule has 21 heavy (non-hydrogen) atoms. The molecule has 0 aliphatic rings. The molecule has 0 aliphatic carbocycles. The molecule has 2 aromatic carbocycles. The van der Waals surface area contributed by atoms with Crippen molar-refractivity contribution < 1.29 is 24.5 Å². The van der Waals surface area contributed by atoms with Gasteiger partial charge in [-0.1, -0.05) is 17.7 Å². The van der Waals surface area contributed by atoms with Gasteiger partial charge in [-0.15, -0.1) is 0 Å². The van der Waals surface area contributed by atoms with Crippen LogP contribution in [-0.2, 0) is 0 Å². The Hall–Kier alpha value is -2.73. The minimum Gasteiger partial charge on any atom is -0.507 e. The van der Waals surface area contributed by atoms with Gasteiger partial charge in [-0.2, -0.15) is 0 Å². The number of carbonyl (C=O) groups excluding carboxylic acids is 1. The van der Waals surface area contributed by atoms with Gasteiger partial charge in [-0.3, -0.25) is 5.32 Å². The number of aromatic carboxylic acids is 1. The van der Waals surface area contributed by atoms with E-state index in [4.69, 9.17) is 21.4 Å². The number of hydrogen-bond acceptors (Lipinski definition) is 4. The Labute approximate surface area is 124 Å². The van der Waals surface area contributed by atoms with Crippen molar-refractivity contribution in [2.75, 3.05) is 5.32 Å². The van der Waals surface area contributed by atoms with Crippen molar-refractivity contribution in [3.8, 4) is 11.5 Å². The Balaban J connectivity index is 2.15. The molecule has 0 radical (unpaired) electrons. The molecule has 0 aliphatic heterocycles. The van der Waals surface area contributed by atoms with Gasteiger partial charge >= 0.3 is 12.1 Å². The number of benzene rings is 2. The molecule has 0 bridgehead atoms. The van der Waals surface area contributed by atoms with Gasteiger partial charge in [0.1, 0.15) is 17.1 Å². The van der Waals surface area contributed by atoms with E-state index in [2.05, 4.69) is 5.32 Å². The first kappa shape index (κ1) is 14.7. The van der Waals surface area contributed by atoms with Crippen molar-refractivity contribution in [3.05, 3.63) is 53.1 Å². The number of nitrogens with one attached hydrogen (secondary N) is 1. The van der Waals surface area contributed by atoms with Crippen LogP contribution in [0.5, 0.6) is 11.5 Å². The maximum Gasteiger partial charge on any atom is 0.417 e. The summed E-state index contributed by atoms with van der Waals surface area (Å²) in [4.78, 5) is 22.8. The molecular formula is C14H10ClNO5. The highest BCUT2D eigenvalue weighted by Crippen LogP contribution is 2.25. The number of carboxylic acids is 1. The van der Waals surface area contributed by atoms with Crippen molar-refractivity contribution in [1.82, 2.24) is 0 Å². The Kier molecular flexibility index (Phi) is 4.30. The van der Waals surface area contributed by atoms with Gasteiger partial charge in [0.2, 0.25) is 0 Å². The fourth-order valence-corrected chi connectivity index (χ4v) is 1.74. The van der Waals surface area contributed by atoms with E-state index in [1.807, 2.05) is 0 Å². The molecule has 0 spiro atoms. The van der Waals surface area contributed by atoms with Crippen LogP contribution in [0.4, 0.5) is 10.5 Å². The van der Waals surface area contributed by atoms with Gasteiger partial charge in [0, 0.05) is 5.02 Å². The summed E-state index contributed by atoms with van der Waals surface area (Å²) in [6.45, 7) is 0. The Bertz CT molecular complexity index is 684.